The van der Waals surface area contributed by atoms with Gasteiger partial charge in [-0.25, -0.2) is 0 Å². The Hall–Kier alpha value is -2.27. The monoisotopic (exact) mass is 362 g/mol. The van der Waals surface area contributed by atoms with E-state index in [0.29, 0.717) is 16.3 Å². The first-order valence-corrected chi connectivity index (χ1v) is 8.45. The number of rotatable bonds is 6. The molecule has 0 aliphatic heterocycles. The van der Waals surface area contributed by atoms with Gasteiger partial charge in [0, 0.05) is 17.3 Å². The van der Waals surface area contributed by atoms with E-state index in [4.69, 9.17) is 21.1 Å². The van der Waals surface area contributed by atoms with Crippen molar-refractivity contribution in [3.05, 3.63) is 51.8 Å². The number of amides is 1. The molecule has 1 amide bonds. The van der Waals surface area contributed by atoms with E-state index in [1.807, 2.05) is 27.7 Å². The van der Waals surface area contributed by atoms with E-state index < -0.39 is 0 Å². The van der Waals surface area contributed by atoms with Gasteiger partial charge in [-0.05, 0) is 39.8 Å². The standard InChI is InChI=1S/C19H23ClN2O3/c1-11(2)25-16-8-6-7-14(17(16)20)19(23)22-10-15-13(4)18(24-5)12(3)9-21-15/h6-9,11H,10H2,1-5H3,(H,22,23). The summed E-state index contributed by atoms with van der Waals surface area (Å²) in [4.78, 5) is 16.9. The Morgan fingerprint density at radius 1 is 1.32 bits per heavy atom. The van der Waals surface area contributed by atoms with Gasteiger partial charge in [0.15, 0.2) is 0 Å². The summed E-state index contributed by atoms with van der Waals surface area (Å²) in [5, 5.41) is 3.16. The van der Waals surface area contributed by atoms with Gasteiger partial charge >= 0.3 is 0 Å². The lowest BCUT2D eigenvalue weighted by Crippen LogP contribution is -2.24. The maximum atomic E-state index is 12.5. The van der Waals surface area contributed by atoms with Crippen LogP contribution in [0.25, 0.3) is 0 Å². The molecule has 0 aliphatic carbocycles. The van der Waals surface area contributed by atoms with Crippen molar-refractivity contribution in [2.24, 2.45) is 0 Å². The van der Waals surface area contributed by atoms with Crippen LogP contribution >= 0.6 is 11.6 Å². The van der Waals surface area contributed by atoms with Gasteiger partial charge in [-0.2, -0.15) is 0 Å². The number of methoxy groups -OCH3 is 1. The van der Waals surface area contributed by atoms with Crippen molar-refractivity contribution in [2.45, 2.75) is 40.3 Å². The van der Waals surface area contributed by atoms with E-state index in [9.17, 15) is 4.79 Å². The molecule has 134 valence electrons. The van der Waals surface area contributed by atoms with Crippen LogP contribution in [0.2, 0.25) is 5.02 Å². The zero-order valence-corrected chi connectivity index (χ0v) is 15.9. The number of hydrogen-bond acceptors (Lipinski definition) is 4. The first-order valence-electron chi connectivity index (χ1n) is 8.07. The number of carbonyl (C=O) groups is 1. The number of carbonyl (C=O) groups excluding carboxylic acids is 1. The summed E-state index contributed by atoms with van der Waals surface area (Å²) < 4.78 is 11.0. The van der Waals surface area contributed by atoms with Crippen LogP contribution in [0.1, 0.15) is 41.0 Å². The average molecular weight is 363 g/mol. The van der Waals surface area contributed by atoms with Crippen LogP contribution < -0.4 is 14.8 Å². The van der Waals surface area contributed by atoms with Gasteiger partial charge in [0.1, 0.15) is 11.5 Å². The van der Waals surface area contributed by atoms with Crippen LogP contribution in [0.3, 0.4) is 0 Å². The molecule has 2 rings (SSSR count). The van der Waals surface area contributed by atoms with Gasteiger partial charge in [0.2, 0.25) is 0 Å². The minimum Gasteiger partial charge on any atom is -0.496 e. The number of nitrogens with zero attached hydrogens (tertiary/aromatic N) is 1. The Morgan fingerprint density at radius 2 is 2.04 bits per heavy atom. The van der Waals surface area contributed by atoms with Crippen molar-refractivity contribution >= 4 is 17.5 Å². The predicted molar refractivity (Wildman–Crippen MR) is 98.6 cm³/mol. The molecule has 0 atom stereocenters. The SMILES string of the molecule is COc1c(C)cnc(CNC(=O)c2cccc(OC(C)C)c2Cl)c1C. The molecule has 0 saturated heterocycles. The number of hydrogen-bond donors (Lipinski definition) is 1. The van der Waals surface area contributed by atoms with Crippen LogP contribution in [0.4, 0.5) is 0 Å². The second-order valence-electron chi connectivity index (χ2n) is 6.01. The highest BCUT2D eigenvalue weighted by Gasteiger charge is 2.16. The molecule has 0 fully saturated rings. The normalized spacial score (nSPS) is 10.7. The van der Waals surface area contributed by atoms with Crippen molar-refractivity contribution in [1.82, 2.24) is 10.3 Å². The summed E-state index contributed by atoms with van der Waals surface area (Å²) in [5.41, 5.74) is 2.99. The molecule has 0 radical (unpaired) electrons. The van der Waals surface area contributed by atoms with Crippen molar-refractivity contribution in [2.75, 3.05) is 7.11 Å². The Bertz CT molecular complexity index is 776. The number of ether oxygens (including phenoxy) is 2. The smallest absolute Gasteiger partial charge is 0.253 e. The topological polar surface area (TPSA) is 60.5 Å². The molecule has 25 heavy (non-hydrogen) atoms. The minimum atomic E-state index is -0.278. The zero-order valence-electron chi connectivity index (χ0n) is 15.1. The Morgan fingerprint density at radius 3 is 2.68 bits per heavy atom. The zero-order chi connectivity index (χ0) is 18.6. The van der Waals surface area contributed by atoms with Gasteiger partial charge in [-0.15, -0.1) is 0 Å². The first kappa shape index (κ1) is 19.1. The summed E-state index contributed by atoms with van der Waals surface area (Å²) in [6.07, 6.45) is 1.71. The highest BCUT2D eigenvalue weighted by atomic mass is 35.5. The first-order chi connectivity index (χ1) is 11.8. The Labute approximate surface area is 153 Å². The van der Waals surface area contributed by atoms with E-state index in [2.05, 4.69) is 10.3 Å². The fourth-order valence-corrected chi connectivity index (χ4v) is 2.80. The van der Waals surface area contributed by atoms with Crippen LogP contribution in [-0.2, 0) is 6.54 Å². The lowest BCUT2D eigenvalue weighted by molar-refractivity contribution is 0.0949. The van der Waals surface area contributed by atoms with Gasteiger partial charge in [-0.3, -0.25) is 9.78 Å². The maximum Gasteiger partial charge on any atom is 0.253 e. The van der Waals surface area contributed by atoms with E-state index in [0.717, 1.165) is 22.6 Å². The highest BCUT2D eigenvalue weighted by Crippen LogP contribution is 2.29. The fourth-order valence-electron chi connectivity index (χ4n) is 2.54. The highest BCUT2D eigenvalue weighted by molar-refractivity contribution is 6.35. The van der Waals surface area contributed by atoms with Crippen LogP contribution in [-0.4, -0.2) is 24.1 Å². The number of nitrogens with one attached hydrogen (secondary N) is 1. The summed E-state index contributed by atoms with van der Waals surface area (Å²) in [6, 6.07) is 5.16. The fraction of sp³-hybridized carbons (Fsp3) is 0.368. The summed E-state index contributed by atoms with van der Waals surface area (Å²) in [7, 11) is 1.62. The molecular formula is C19H23ClN2O3. The Balaban J connectivity index is 2.16. The molecule has 1 N–H and O–H groups in total. The molecule has 0 spiro atoms. The van der Waals surface area contributed by atoms with Crippen LogP contribution in [0, 0.1) is 13.8 Å². The number of benzene rings is 1. The third-order valence-electron chi connectivity index (χ3n) is 3.74. The maximum absolute atomic E-state index is 12.5. The number of aromatic nitrogens is 1. The quantitative estimate of drug-likeness (QED) is 0.841. The molecule has 1 aromatic carbocycles. The van der Waals surface area contributed by atoms with Crippen molar-refractivity contribution in [3.8, 4) is 11.5 Å². The molecule has 0 bridgehead atoms. The van der Waals surface area contributed by atoms with Crippen molar-refractivity contribution in [3.63, 3.8) is 0 Å². The van der Waals surface area contributed by atoms with Gasteiger partial charge in [0.25, 0.3) is 5.91 Å². The van der Waals surface area contributed by atoms with Crippen molar-refractivity contribution in [1.29, 1.82) is 0 Å². The molecule has 0 saturated carbocycles. The molecule has 0 unspecified atom stereocenters. The van der Waals surface area contributed by atoms with Gasteiger partial charge in [0.05, 0.1) is 36.0 Å². The second-order valence-corrected chi connectivity index (χ2v) is 6.39. The van der Waals surface area contributed by atoms with E-state index in [1.54, 1.807) is 31.5 Å². The van der Waals surface area contributed by atoms with E-state index in [-0.39, 0.29) is 18.6 Å². The second kappa shape index (κ2) is 8.21. The summed E-state index contributed by atoms with van der Waals surface area (Å²) in [5.74, 6) is 1.00. The van der Waals surface area contributed by atoms with E-state index in [1.165, 1.54) is 0 Å². The van der Waals surface area contributed by atoms with Gasteiger partial charge < -0.3 is 14.8 Å². The summed E-state index contributed by atoms with van der Waals surface area (Å²) >= 11 is 6.31. The lowest BCUT2D eigenvalue weighted by atomic mass is 10.1. The Kier molecular flexibility index (Phi) is 6.26. The molecule has 1 aromatic heterocycles. The lowest BCUT2D eigenvalue weighted by Gasteiger charge is -2.15. The third-order valence-corrected chi connectivity index (χ3v) is 4.13. The number of aryl methyl sites for hydroxylation is 1. The van der Waals surface area contributed by atoms with Crippen LogP contribution in [0.15, 0.2) is 24.4 Å². The summed E-state index contributed by atoms with van der Waals surface area (Å²) in [6.45, 7) is 7.95. The van der Waals surface area contributed by atoms with E-state index >= 15 is 0 Å². The molecule has 6 heteroatoms. The number of pyridine rings is 1. The molecule has 1 heterocycles. The molecule has 0 aliphatic rings. The molecule has 5 nitrogen and oxygen atoms in total. The third kappa shape index (κ3) is 4.42. The molecular weight excluding hydrogens is 340 g/mol. The van der Waals surface area contributed by atoms with Crippen LogP contribution in [0.5, 0.6) is 11.5 Å². The van der Waals surface area contributed by atoms with Crippen molar-refractivity contribution < 1.29 is 14.3 Å². The number of halogens is 1. The molecule has 2 aromatic rings. The van der Waals surface area contributed by atoms with Gasteiger partial charge in [-0.1, -0.05) is 17.7 Å². The largest absolute Gasteiger partial charge is 0.496 e. The minimum absolute atomic E-state index is 0.0253. The predicted octanol–water partition coefficient (Wildman–Crippen LogP) is 4.08. The average Bonchev–Trinajstić information content (AvgIpc) is 2.56.